The van der Waals surface area contributed by atoms with Crippen molar-refractivity contribution in [2.24, 2.45) is 5.41 Å². The Balaban J connectivity index is 1.71. The van der Waals surface area contributed by atoms with E-state index in [1.54, 1.807) is 31.2 Å². The van der Waals surface area contributed by atoms with Crippen LogP contribution in [0.2, 0.25) is 0 Å². The second-order valence-electron chi connectivity index (χ2n) is 9.57. The zero-order valence-corrected chi connectivity index (χ0v) is 18.8. The SMILES string of the molecule is Cc1ccc(-c2ccc(C3C4=C(CC(C)(C)CC4=O)Nc4[nH]c(=O)[nH]c(=O)c43)o2)c([N+](=O)[O-])c1. The average molecular weight is 462 g/mol. The van der Waals surface area contributed by atoms with Crippen molar-refractivity contribution in [3.63, 3.8) is 0 Å². The van der Waals surface area contributed by atoms with Crippen LogP contribution in [-0.4, -0.2) is 20.7 Å². The first-order valence-corrected chi connectivity index (χ1v) is 10.8. The van der Waals surface area contributed by atoms with Gasteiger partial charge in [-0.05, 0) is 42.5 Å². The number of aryl methyl sites for hydroxylation is 1. The van der Waals surface area contributed by atoms with Crippen molar-refractivity contribution < 1.29 is 14.1 Å². The fourth-order valence-corrected chi connectivity index (χ4v) is 4.88. The summed E-state index contributed by atoms with van der Waals surface area (Å²) in [5.41, 5.74) is 0.490. The number of ketones is 1. The molecule has 1 aromatic carbocycles. The van der Waals surface area contributed by atoms with Crippen molar-refractivity contribution in [1.29, 1.82) is 0 Å². The zero-order chi connectivity index (χ0) is 24.4. The van der Waals surface area contributed by atoms with Gasteiger partial charge >= 0.3 is 5.69 Å². The maximum Gasteiger partial charge on any atom is 0.327 e. The van der Waals surface area contributed by atoms with Crippen LogP contribution in [0.5, 0.6) is 0 Å². The lowest BCUT2D eigenvalue weighted by molar-refractivity contribution is -0.384. The topological polar surface area (TPSA) is 151 Å². The van der Waals surface area contributed by atoms with Gasteiger partial charge in [-0.1, -0.05) is 19.9 Å². The number of furan rings is 1. The van der Waals surface area contributed by atoms with Crippen LogP contribution in [0.1, 0.15) is 49.5 Å². The van der Waals surface area contributed by atoms with Gasteiger partial charge in [-0.15, -0.1) is 0 Å². The highest BCUT2D eigenvalue weighted by molar-refractivity contribution is 6.01. The zero-order valence-electron chi connectivity index (χ0n) is 18.8. The third kappa shape index (κ3) is 3.47. The quantitative estimate of drug-likeness (QED) is 0.396. The van der Waals surface area contributed by atoms with E-state index in [0.717, 1.165) is 5.56 Å². The smallest absolute Gasteiger partial charge is 0.327 e. The number of nitro groups is 1. The predicted molar refractivity (Wildman–Crippen MR) is 124 cm³/mol. The minimum Gasteiger partial charge on any atom is -0.460 e. The van der Waals surface area contributed by atoms with Gasteiger partial charge in [-0.2, -0.15) is 0 Å². The number of hydrogen-bond donors (Lipinski definition) is 3. The minimum absolute atomic E-state index is 0.107. The van der Waals surface area contributed by atoms with Crippen LogP contribution in [0.4, 0.5) is 11.5 Å². The average Bonchev–Trinajstić information content (AvgIpc) is 3.20. The number of carbonyl (C=O) groups excluding carboxylic acids is 1. The lowest BCUT2D eigenvalue weighted by Crippen LogP contribution is -2.38. The molecule has 3 aromatic rings. The molecule has 10 heteroatoms. The molecule has 1 aliphatic heterocycles. The molecule has 1 aliphatic carbocycles. The number of nitro benzene ring substituents is 1. The summed E-state index contributed by atoms with van der Waals surface area (Å²) in [6.45, 7) is 5.71. The van der Waals surface area contributed by atoms with E-state index in [1.165, 1.54) is 6.07 Å². The number of Topliss-reactive ketones (excluding diaryl/α,β-unsaturated/α-hetero) is 1. The molecule has 2 aliphatic rings. The van der Waals surface area contributed by atoms with E-state index >= 15 is 0 Å². The number of aromatic nitrogens is 2. The third-order valence-electron chi connectivity index (χ3n) is 6.28. The number of allylic oxidation sites excluding steroid dienone is 2. The summed E-state index contributed by atoms with van der Waals surface area (Å²) in [5, 5.41) is 14.7. The Morgan fingerprint density at radius 1 is 1.09 bits per heavy atom. The standard InChI is InChI=1S/C24H22N4O6/c1-11-4-5-12(14(8-11)28(32)33)16-6-7-17(34-16)19-18-13(9-24(2,3)10-15(18)29)25-21-20(19)22(30)27-23(31)26-21/h4-8,19H,9-10H2,1-3H3,(H3,25,26,27,30,31). The molecule has 0 spiro atoms. The maximum absolute atomic E-state index is 13.3. The Labute approximate surface area is 192 Å². The normalized spacial score (nSPS) is 18.8. The van der Waals surface area contributed by atoms with Crippen molar-refractivity contribution >= 4 is 17.3 Å². The van der Waals surface area contributed by atoms with E-state index in [4.69, 9.17) is 4.42 Å². The molecule has 10 nitrogen and oxygen atoms in total. The molecule has 174 valence electrons. The Morgan fingerprint density at radius 3 is 2.59 bits per heavy atom. The highest BCUT2D eigenvalue weighted by Gasteiger charge is 2.43. The number of aromatic amines is 2. The number of benzene rings is 1. The van der Waals surface area contributed by atoms with Crippen LogP contribution < -0.4 is 16.6 Å². The van der Waals surface area contributed by atoms with E-state index in [0.29, 0.717) is 17.7 Å². The van der Waals surface area contributed by atoms with Gasteiger partial charge in [0.25, 0.3) is 11.2 Å². The van der Waals surface area contributed by atoms with Gasteiger partial charge in [0.2, 0.25) is 0 Å². The van der Waals surface area contributed by atoms with Crippen molar-refractivity contribution in [3.8, 4) is 11.3 Å². The van der Waals surface area contributed by atoms with Crippen LogP contribution in [0.3, 0.4) is 0 Å². The van der Waals surface area contributed by atoms with Gasteiger partial charge in [0, 0.05) is 23.8 Å². The molecule has 0 fully saturated rings. The molecule has 2 aromatic heterocycles. The molecular formula is C24H22N4O6. The van der Waals surface area contributed by atoms with Gasteiger partial charge in [0.1, 0.15) is 17.3 Å². The van der Waals surface area contributed by atoms with E-state index < -0.39 is 22.1 Å². The van der Waals surface area contributed by atoms with E-state index in [1.807, 2.05) is 13.8 Å². The number of fused-ring (bicyclic) bond motifs is 1. The van der Waals surface area contributed by atoms with Gasteiger partial charge < -0.3 is 9.73 Å². The van der Waals surface area contributed by atoms with E-state index in [9.17, 15) is 24.5 Å². The number of rotatable bonds is 3. The monoisotopic (exact) mass is 462 g/mol. The number of H-pyrrole nitrogens is 2. The molecule has 0 saturated carbocycles. The molecule has 3 N–H and O–H groups in total. The molecule has 0 amide bonds. The lowest BCUT2D eigenvalue weighted by Gasteiger charge is -2.37. The first kappa shape index (κ1) is 21.6. The summed E-state index contributed by atoms with van der Waals surface area (Å²) >= 11 is 0. The number of nitrogens with one attached hydrogen (secondary N) is 3. The molecule has 0 radical (unpaired) electrons. The van der Waals surface area contributed by atoms with Gasteiger partial charge in [-0.25, -0.2) is 4.79 Å². The summed E-state index contributed by atoms with van der Waals surface area (Å²) in [6.07, 6.45) is 0.827. The van der Waals surface area contributed by atoms with Crippen molar-refractivity contribution in [3.05, 3.63) is 89.4 Å². The fraction of sp³-hybridized carbons (Fsp3) is 0.292. The summed E-state index contributed by atoms with van der Waals surface area (Å²) in [4.78, 5) is 54.0. The lowest BCUT2D eigenvalue weighted by atomic mass is 9.70. The second kappa shape index (κ2) is 7.41. The summed E-state index contributed by atoms with van der Waals surface area (Å²) < 4.78 is 6.07. The number of carbonyl (C=O) groups is 1. The molecule has 0 bridgehead atoms. The van der Waals surface area contributed by atoms with Crippen molar-refractivity contribution in [2.75, 3.05) is 5.32 Å². The molecule has 1 atom stereocenters. The first-order valence-electron chi connectivity index (χ1n) is 10.8. The van der Waals surface area contributed by atoms with Crippen LogP contribution in [0, 0.1) is 22.5 Å². The predicted octanol–water partition coefficient (Wildman–Crippen LogP) is 3.74. The fourth-order valence-electron chi connectivity index (χ4n) is 4.88. The van der Waals surface area contributed by atoms with E-state index in [-0.39, 0.29) is 51.8 Å². The molecule has 3 heterocycles. The molecule has 5 rings (SSSR count). The van der Waals surface area contributed by atoms with Crippen LogP contribution >= 0.6 is 0 Å². The molecule has 0 saturated heterocycles. The molecular weight excluding hydrogens is 440 g/mol. The number of hydrogen-bond acceptors (Lipinski definition) is 7. The van der Waals surface area contributed by atoms with E-state index in [2.05, 4.69) is 15.3 Å². The summed E-state index contributed by atoms with van der Waals surface area (Å²) in [5.74, 6) is -0.255. The van der Waals surface area contributed by atoms with Gasteiger partial charge in [0.05, 0.1) is 22.0 Å². The number of anilines is 1. The van der Waals surface area contributed by atoms with Crippen LogP contribution in [-0.2, 0) is 4.79 Å². The van der Waals surface area contributed by atoms with Crippen molar-refractivity contribution in [2.45, 2.75) is 39.5 Å². The maximum atomic E-state index is 13.3. The van der Waals surface area contributed by atoms with Crippen LogP contribution in [0.25, 0.3) is 11.3 Å². The number of nitrogens with zero attached hydrogens (tertiary/aromatic N) is 1. The second-order valence-corrected chi connectivity index (χ2v) is 9.57. The van der Waals surface area contributed by atoms with Gasteiger partial charge in [-0.3, -0.25) is 29.7 Å². The largest absolute Gasteiger partial charge is 0.460 e. The summed E-state index contributed by atoms with van der Waals surface area (Å²) in [7, 11) is 0. The Morgan fingerprint density at radius 2 is 1.85 bits per heavy atom. The van der Waals surface area contributed by atoms with Crippen molar-refractivity contribution in [1.82, 2.24) is 9.97 Å². The Kier molecular flexibility index (Phi) is 4.71. The molecule has 1 unspecified atom stereocenters. The minimum atomic E-state index is -0.867. The Bertz CT molecular complexity index is 1520. The third-order valence-corrected chi connectivity index (χ3v) is 6.28. The molecule has 34 heavy (non-hydrogen) atoms. The summed E-state index contributed by atoms with van der Waals surface area (Å²) in [6, 6.07) is 8.01. The van der Waals surface area contributed by atoms with Gasteiger partial charge in [0.15, 0.2) is 5.78 Å². The highest BCUT2D eigenvalue weighted by Crippen LogP contribution is 2.48. The highest BCUT2D eigenvalue weighted by atomic mass is 16.6. The first-order chi connectivity index (χ1) is 16.0. The van der Waals surface area contributed by atoms with Crippen LogP contribution in [0.15, 0.2) is 55.6 Å². The Hall–Kier alpha value is -4.21.